The van der Waals surface area contributed by atoms with Crippen LogP contribution in [0.25, 0.3) is 11.0 Å². The molecule has 1 amide bonds. The lowest BCUT2D eigenvalue weighted by Crippen LogP contribution is -2.43. The van der Waals surface area contributed by atoms with Gasteiger partial charge in [-0.1, -0.05) is 12.1 Å². The molecule has 3 rings (SSSR count). The summed E-state index contributed by atoms with van der Waals surface area (Å²) in [6.07, 6.45) is 2.31. The summed E-state index contributed by atoms with van der Waals surface area (Å²) in [6, 6.07) is 6.96. The molecule has 0 bridgehead atoms. The number of carbonyl (C=O) groups excluding carboxylic acids is 2. The molecule has 8 nitrogen and oxygen atoms in total. The third kappa shape index (κ3) is 4.14. The van der Waals surface area contributed by atoms with Crippen molar-refractivity contribution < 1.29 is 27.2 Å². The third-order valence-corrected chi connectivity index (χ3v) is 5.80. The summed E-state index contributed by atoms with van der Waals surface area (Å²) >= 11 is 0. The molecule has 2 heterocycles. The fraction of sp³-hybridized carbons (Fsp3) is 0.444. The fourth-order valence-electron chi connectivity index (χ4n) is 3.19. The van der Waals surface area contributed by atoms with Crippen molar-refractivity contribution in [3.8, 4) is 0 Å². The van der Waals surface area contributed by atoms with E-state index in [4.69, 9.17) is 9.15 Å². The van der Waals surface area contributed by atoms with E-state index in [1.807, 2.05) is 0 Å². The number of furan rings is 1. The number of hydrogen-bond donors (Lipinski definition) is 1. The van der Waals surface area contributed by atoms with Crippen molar-refractivity contribution in [1.29, 1.82) is 0 Å². The number of carbonyl (C=O) groups is 2. The van der Waals surface area contributed by atoms with Gasteiger partial charge in [0.15, 0.2) is 0 Å². The Bertz CT molecular complexity index is 965. The van der Waals surface area contributed by atoms with Gasteiger partial charge in [0.05, 0.1) is 18.8 Å². The van der Waals surface area contributed by atoms with Crippen LogP contribution in [0, 0.1) is 5.92 Å². The van der Waals surface area contributed by atoms with E-state index in [9.17, 15) is 18.0 Å². The van der Waals surface area contributed by atoms with E-state index < -0.39 is 21.9 Å². The Labute approximate surface area is 157 Å². The Morgan fingerprint density at radius 3 is 2.78 bits per heavy atom. The van der Waals surface area contributed by atoms with E-state index in [0.717, 1.165) is 6.26 Å². The van der Waals surface area contributed by atoms with Crippen LogP contribution < -0.4 is 5.32 Å². The number of amides is 1. The Kier molecular flexibility index (Phi) is 5.52. The molecule has 0 spiro atoms. The monoisotopic (exact) mass is 394 g/mol. The highest BCUT2D eigenvalue weighted by Crippen LogP contribution is 2.32. The molecule has 1 N–H and O–H groups in total. The number of hydrogen-bond acceptors (Lipinski definition) is 6. The summed E-state index contributed by atoms with van der Waals surface area (Å²) in [7, 11) is -3.36. The molecule has 1 saturated heterocycles. The lowest BCUT2D eigenvalue weighted by molar-refractivity contribution is -0.120. The molecular formula is C18H22N2O6S. The Balaban J connectivity index is 1.88. The zero-order valence-electron chi connectivity index (χ0n) is 15.2. The number of fused-ring (bicyclic) bond motifs is 1. The SMILES string of the molecule is CCOC(=O)c1oc2ccccc2c1NC(=O)C1CCCN(S(C)(=O)=O)C1. The van der Waals surface area contributed by atoms with E-state index >= 15 is 0 Å². The summed E-state index contributed by atoms with van der Waals surface area (Å²) < 4.78 is 35.5. The van der Waals surface area contributed by atoms with Crippen LogP contribution in [0.5, 0.6) is 0 Å². The molecule has 1 aliphatic heterocycles. The van der Waals surface area contributed by atoms with Gasteiger partial charge in [-0.2, -0.15) is 0 Å². The lowest BCUT2D eigenvalue weighted by atomic mass is 9.98. The average Bonchev–Trinajstić information content (AvgIpc) is 3.00. The molecule has 1 aliphatic rings. The van der Waals surface area contributed by atoms with Crippen molar-refractivity contribution in [2.75, 3.05) is 31.3 Å². The first-order valence-electron chi connectivity index (χ1n) is 8.76. The van der Waals surface area contributed by atoms with Crippen LogP contribution in [0.3, 0.4) is 0 Å². The molecule has 0 radical (unpaired) electrons. The van der Waals surface area contributed by atoms with Gasteiger partial charge in [0, 0.05) is 18.5 Å². The predicted molar refractivity (Wildman–Crippen MR) is 99.9 cm³/mol. The lowest BCUT2D eigenvalue weighted by Gasteiger charge is -2.30. The number of anilines is 1. The normalized spacial score (nSPS) is 18.4. The second-order valence-corrected chi connectivity index (χ2v) is 8.45. The van der Waals surface area contributed by atoms with E-state index in [1.54, 1.807) is 31.2 Å². The molecule has 0 saturated carbocycles. The quantitative estimate of drug-likeness (QED) is 0.780. The van der Waals surface area contributed by atoms with Gasteiger partial charge in [-0.15, -0.1) is 0 Å². The molecule has 1 unspecified atom stereocenters. The maximum absolute atomic E-state index is 12.8. The van der Waals surface area contributed by atoms with Crippen LogP contribution in [0.2, 0.25) is 0 Å². The van der Waals surface area contributed by atoms with Crippen molar-refractivity contribution >= 4 is 38.6 Å². The van der Waals surface area contributed by atoms with Crippen LogP contribution in [0.1, 0.15) is 30.3 Å². The number of para-hydroxylation sites is 1. The smallest absolute Gasteiger partial charge is 0.376 e. The van der Waals surface area contributed by atoms with Crippen molar-refractivity contribution in [3.05, 3.63) is 30.0 Å². The summed E-state index contributed by atoms with van der Waals surface area (Å²) in [5.74, 6) is -1.58. The first-order valence-corrected chi connectivity index (χ1v) is 10.6. The first-order chi connectivity index (χ1) is 12.8. The first kappa shape index (κ1) is 19.4. The van der Waals surface area contributed by atoms with Crippen molar-refractivity contribution in [3.63, 3.8) is 0 Å². The Hall–Kier alpha value is -2.39. The molecule has 1 atom stereocenters. The minimum atomic E-state index is -3.36. The molecule has 1 aromatic carbocycles. The number of nitrogens with zero attached hydrogens (tertiary/aromatic N) is 1. The van der Waals surface area contributed by atoms with Gasteiger partial charge < -0.3 is 14.5 Å². The summed E-state index contributed by atoms with van der Waals surface area (Å²) in [5, 5.41) is 3.35. The number of sulfonamides is 1. The van der Waals surface area contributed by atoms with Crippen molar-refractivity contribution in [2.24, 2.45) is 5.92 Å². The van der Waals surface area contributed by atoms with Gasteiger partial charge in [0.2, 0.25) is 21.7 Å². The standard InChI is InChI=1S/C18H22N2O6S/c1-3-25-18(22)16-15(13-8-4-5-9-14(13)26-16)19-17(21)12-7-6-10-20(11-12)27(2,23)24/h4-5,8-9,12H,3,6-7,10-11H2,1-2H3,(H,19,21). The highest BCUT2D eigenvalue weighted by atomic mass is 32.2. The van der Waals surface area contributed by atoms with Crippen LogP contribution in [0.15, 0.2) is 28.7 Å². The number of ether oxygens (including phenoxy) is 1. The molecular weight excluding hydrogens is 372 g/mol. The maximum atomic E-state index is 12.8. The molecule has 146 valence electrons. The minimum absolute atomic E-state index is 0.0674. The second kappa shape index (κ2) is 7.69. The fourth-order valence-corrected chi connectivity index (χ4v) is 4.10. The van der Waals surface area contributed by atoms with Gasteiger partial charge in [0.25, 0.3) is 0 Å². The Morgan fingerprint density at radius 2 is 2.07 bits per heavy atom. The van der Waals surface area contributed by atoms with Crippen LogP contribution in [0.4, 0.5) is 5.69 Å². The molecule has 27 heavy (non-hydrogen) atoms. The largest absolute Gasteiger partial charge is 0.460 e. The number of esters is 1. The van der Waals surface area contributed by atoms with Crippen molar-refractivity contribution in [1.82, 2.24) is 4.31 Å². The number of rotatable bonds is 5. The zero-order valence-corrected chi connectivity index (χ0v) is 16.0. The minimum Gasteiger partial charge on any atom is -0.460 e. The summed E-state index contributed by atoms with van der Waals surface area (Å²) in [6.45, 7) is 2.39. The highest BCUT2D eigenvalue weighted by molar-refractivity contribution is 7.88. The van der Waals surface area contributed by atoms with Crippen LogP contribution in [-0.4, -0.2) is 50.6 Å². The predicted octanol–water partition coefficient (Wildman–Crippen LogP) is 2.22. The van der Waals surface area contributed by atoms with Gasteiger partial charge >= 0.3 is 5.97 Å². The number of nitrogens with one attached hydrogen (secondary N) is 1. The van der Waals surface area contributed by atoms with Gasteiger partial charge in [0.1, 0.15) is 11.3 Å². The summed E-state index contributed by atoms with van der Waals surface area (Å²) in [5.41, 5.74) is 0.711. The van der Waals surface area contributed by atoms with Gasteiger partial charge in [-0.05, 0) is 31.9 Å². The molecule has 9 heteroatoms. The second-order valence-electron chi connectivity index (χ2n) is 6.47. The van der Waals surface area contributed by atoms with E-state index in [-0.39, 0.29) is 30.5 Å². The van der Waals surface area contributed by atoms with E-state index in [1.165, 1.54) is 4.31 Å². The van der Waals surface area contributed by atoms with Crippen LogP contribution >= 0.6 is 0 Å². The summed E-state index contributed by atoms with van der Waals surface area (Å²) in [4.78, 5) is 25.0. The van der Waals surface area contributed by atoms with Crippen molar-refractivity contribution in [2.45, 2.75) is 19.8 Å². The molecule has 0 aliphatic carbocycles. The maximum Gasteiger partial charge on any atom is 0.376 e. The molecule has 2 aromatic rings. The highest BCUT2D eigenvalue weighted by Gasteiger charge is 2.32. The average molecular weight is 394 g/mol. The molecule has 1 aromatic heterocycles. The van der Waals surface area contributed by atoms with Gasteiger partial charge in [-0.3, -0.25) is 4.79 Å². The van der Waals surface area contributed by atoms with E-state index in [2.05, 4.69) is 5.32 Å². The van der Waals surface area contributed by atoms with E-state index in [0.29, 0.717) is 30.4 Å². The number of piperidine rings is 1. The van der Waals surface area contributed by atoms with Crippen LogP contribution in [-0.2, 0) is 19.6 Å². The Morgan fingerprint density at radius 1 is 1.33 bits per heavy atom. The third-order valence-electron chi connectivity index (χ3n) is 4.53. The topological polar surface area (TPSA) is 106 Å². The zero-order chi connectivity index (χ0) is 19.6. The molecule has 1 fully saturated rings. The number of benzene rings is 1. The van der Waals surface area contributed by atoms with Gasteiger partial charge in [-0.25, -0.2) is 17.5 Å².